The molecular weight excluding hydrogens is 317 g/mol. The van der Waals surface area contributed by atoms with Crippen LogP contribution in [0.3, 0.4) is 0 Å². The van der Waals surface area contributed by atoms with Gasteiger partial charge in [-0.3, -0.25) is 0 Å². The first kappa shape index (κ1) is 13.2. The van der Waals surface area contributed by atoms with Gasteiger partial charge in [-0.25, -0.2) is 0 Å². The van der Waals surface area contributed by atoms with Crippen LogP contribution in [0.25, 0.3) is 0 Å². The first-order valence-electron chi connectivity index (χ1n) is 4.19. The molecule has 0 saturated heterocycles. The topological polar surface area (TPSA) is 26.0 Å². The minimum atomic E-state index is -0.106. The predicted octanol–water partition coefficient (Wildman–Crippen LogP) is 4.45. The molecule has 1 atom stereocenters. The molecule has 0 amide bonds. The summed E-state index contributed by atoms with van der Waals surface area (Å²) in [6.45, 7) is 3.94. The molecule has 0 radical (unpaired) electrons. The molecule has 0 bridgehead atoms. The number of thioether (sulfide) groups is 1. The fourth-order valence-electron chi connectivity index (χ4n) is 1.03. The summed E-state index contributed by atoms with van der Waals surface area (Å²) in [6, 6.07) is 0. The third-order valence-corrected chi connectivity index (χ3v) is 4.09. The summed E-state index contributed by atoms with van der Waals surface area (Å²) >= 11 is 16.5. The van der Waals surface area contributed by atoms with E-state index in [1.54, 1.807) is 5.41 Å². The van der Waals surface area contributed by atoms with Gasteiger partial charge in [-0.15, -0.1) is 11.6 Å². The number of halogens is 3. The second-order valence-electron chi connectivity index (χ2n) is 2.94. The van der Waals surface area contributed by atoms with Crippen molar-refractivity contribution < 1.29 is 0 Å². The molecule has 0 aliphatic heterocycles. The standard InChI is InChI=1S/C10H10BrCl2NS/c1-6(15-5-10(11)14)7-2-3-8(12)9(13)4-7/h2,4-5,8H,1,3,14H2/b10-5-. The summed E-state index contributed by atoms with van der Waals surface area (Å²) in [5, 5.41) is 2.33. The summed E-state index contributed by atoms with van der Waals surface area (Å²) in [5.74, 6) is 0. The molecule has 15 heavy (non-hydrogen) atoms. The van der Waals surface area contributed by atoms with E-state index in [0.29, 0.717) is 9.64 Å². The molecule has 1 aliphatic rings. The van der Waals surface area contributed by atoms with Gasteiger partial charge in [-0.05, 0) is 34.0 Å². The van der Waals surface area contributed by atoms with Crippen molar-refractivity contribution in [2.75, 3.05) is 0 Å². The van der Waals surface area contributed by atoms with Gasteiger partial charge in [0, 0.05) is 15.3 Å². The zero-order chi connectivity index (χ0) is 11.4. The van der Waals surface area contributed by atoms with Crippen molar-refractivity contribution in [3.8, 4) is 0 Å². The van der Waals surface area contributed by atoms with Gasteiger partial charge in [0.2, 0.25) is 0 Å². The fraction of sp³-hybridized carbons (Fsp3) is 0.200. The van der Waals surface area contributed by atoms with Crippen molar-refractivity contribution in [2.24, 2.45) is 5.73 Å². The summed E-state index contributed by atoms with van der Waals surface area (Å²) < 4.78 is 0.579. The predicted molar refractivity (Wildman–Crippen MR) is 74.2 cm³/mol. The Labute approximate surface area is 112 Å². The summed E-state index contributed by atoms with van der Waals surface area (Å²) in [6.07, 6.45) is 4.60. The molecule has 5 heteroatoms. The lowest BCUT2D eigenvalue weighted by Gasteiger charge is -2.14. The van der Waals surface area contributed by atoms with Crippen LogP contribution in [0.15, 0.2) is 44.3 Å². The number of hydrogen-bond donors (Lipinski definition) is 1. The van der Waals surface area contributed by atoms with E-state index in [-0.39, 0.29) is 5.38 Å². The highest BCUT2D eigenvalue weighted by Crippen LogP contribution is 2.33. The third-order valence-electron chi connectivity index (χ3n) is 1.77. The average molecular weight is 327 g/mol. The van der Waals surface area contributed by atoms with Crippen molar-refractivity contribution in [1.82, 2.24) is 0 Å². The van der Waals surface area contributed by atoms with Crippen LogP contribution >= 0.6 is 50.9 Å². The third kappa shape index (κ3) is 4.27. The molecule has 0 aromatic rings. The number of allylic oxidation sites excluding steroid dienone is 4. The molecule has 0 aromatic heterocycles. The minimum absolute atomic E-state index is 0.106. The molecule has 0 saturated carbocycles. The van der Waals surface area contributed by atoms with Crippen LogP contribution in [0, 0.1) is 0 Å². The largest absolute Gasteiger partial charge is 0.393 e. The first-order valence-corrected chi connectivity index (χ1v) is 6.68. The van der Waals surface area contributed by atoms with Gasteiger partial charge in [0.1, 0.15) is 0 Å². The lowest BCUT2D eigenvalue weighted by atomic mass is 10.1. The molecular formula is C10H10BrCl2NS. The quantitative estimate of drug-likeness (QED) is 0.612. The van der Waals surface area contributed by atoms with Gasteiger partial charge in [0.25, 0.3) is 0 Å². The highest BCUT2D eigenvalue weighted by molar-refractivity contribution is 9.11. The molecule has 2 N–H and O–H groups in total. The summed E-state index contributed by atoms with van der Waals surface area (Å²) in [5.41, 5.74) is 6.46. The van der Waals surface area contributed by atoms with Gasteiger partial charge >= 0.3 is 0 Å². The Morgan fingerprint density at radius 3 is 2.93 bits per heavy atom. The molecule has 82 valence electrons. The van der Waals surface area contributed by atoms with Crippen LogP contribution in [0.2, 0.25) is 0 Å². The van der Waals surface area contributed by atoms with Gasteiger partial charge < -0.3 is 5.73 Å². The SMILES string of the molecule is C=C(S/C=C(\N)Br)C1=CCC(Cl)C(Cl)=C1. The monoisotopic (exact) mass is 325 g/mol. The lowest BCUT2D eigenvalue weighted by molar-refractivity contribution is 1.01. The number of hydrogen-bond acceptors (Lipinski definition) is 2. The van der Waals surface area contributed by atoms with Gasteiger partial charge in [0.15, 0.2) is 0 Å². The van der Waals surface area contributed by atoms with Gasteiger partial charge in [0.05, 0.1) is 9.98 Å². The molecule has 0 heterocycles. The average Bonchev–Trinajstić information content (AvgIpc) is 2.18. The Bertz CT molecular complexity index is 356. The lowest BCUT2D eigenvalue weighted by Crippen LogP contribution is -2.02. The van der Waals surface area contributed by atoms with Crippen LogP contribution in [0.5, 0.6) is 0 Å². The van der Waals surface area contributed by atoms with Crippen LogP contribution in [0.4, 0.5) is 0 Å². The second-order valence-corrected chi connectivity index (χ2v) is 5.78. The number of nitrogens with two attached hydrogens (primary N) is 1. The van der Waals surface area contributed by atoms with E-state index in [1.165, 1.54) is 11.8 Å². The number of rotatable bonds is 3. The molecule has 0 aromatic carbocycles. The minimum Gasteiger partial charge on any atom is -0.393 e. The maximum absolute atomic E-state index is 5.96. The van der Waals surface area contributed by atoms with Crippen molar-refractivity contribution in [3.05, 3.63) is 44.3 Å². The Morgan fingerprint density at radius 2 is 2.40 bits per heavy atom. The highest BCUT2D eigenvalue weighted by Gasteiger charge is 2.14. The van der Waals surface area contributed by atoms with E-state index >= 15 is 0 Å². The van der Waals surface area contributed by atoms with E-state index in [9.17, 15) is 0 Å². The fourth-order valence-corrected chi connectivity index (χ4v) is 2.20. The number of alkyl halides is 1. The first-order chi connectivity index (χ1) is 7.00. The Morgan fingerprint density at radius 1 is 1.73 bits per heavy atom. The maximum atomic E-state index is 5.96. The van der Waals surface area contributed by atoms with Gasteiger partial charge in [-0.2, -0.15) is 0 Å². The summed E-state index contributed by atoms with van der Waals surface area (Å²) in [4.78, 5) is 0.902. The zero-order valence-corrected chi connectivity index (χ0v) is 11.8. The van der Waals surface area contributed by atoms with Gasteiger partial charge in [-0.1, -0.05) is 36.0 Å². The van der Waals surface area contributed by atoms with Crippen molar-refractivity contribution in [1.29, 1.82) is 0 Å². The Hall–Kier alpha value is 0.170. The van der Waals surface area contributed by atoms with Crippen molar-refractivity contribution in [2.45, 2.75) is 11.8 Å². The van der Waals surface area contributed by atoms with Crippen molar-refractivity contribution in [3.63, 3.8) is 0 Å². The Kier molecular flexibility index (Phi) is 5.33. The molecule has 1 unspecified atom stereocenters. The van der Waals surface area contributed by atoms with Crippen LogP contribution in [-0.2, 0) is 0 Å². The Balaban J connectivity index is 2.67. The highest BCUT2D eigenvalue weighted by atomic mass is 79.9. The molecule has 1 rings (SSSR count). The van der Waals surface area contributed by atoms with Crippen LogP contribution in [-0.4, -0.2) is 5.38 Å². The van der Waals surface area contributed by atoms with Crippen LogP contribution in [0.1, 0.15) is 6.42 Å². The molecule has 0 fully saturated rings. The van der Waals surface area contributed by atoms with E-state index in [1.807, 2.05) is 12.2 Å². The molecule has 1 aliphatic carbocycles. The summed E-state index contributed by atoms with van der Waals surface area (Å²) in [7, 11) is 0. The maximum Gasteiger partial charge on any atom is 0.0821 e. The molecule has 0 spiro atoms. The van der Waals surface area contributed by atoms with E-state index in [2.05, 4.69) is 22.5 Å². The zero-order valence-electron chi connectivity index (χ0n) is 7.84. The van der Waals surface area contributed by atoms with Crippen LogP contribution < -0.4 is 5.73 Å². The molecule has 1 nitrogen and oxygen atoms in total. The normalized spacial score (nSPS) is 22.1. The van der Waals surface area contributed by atoms with E-state index in [4.69, 9.17) is 28.9 Å². The van der Waals surface area contributed by atoms with E-state index in [0.717, 1.165) is 16.9 Å². The smallest absolute Gasteiger partial charge is 0.0821 e. The second kappa shape index (κ2) is 6.04. The van der Waals surface area contributed by atoms with E-state index < -0.39 is 0 Å². The van der Waals surface area contributed by atoms with Crippen molar-refractivity contribution >= 4 is 50.9 Å².